The molecule has 1 heterocycles. The van der Waals surface area contributed by atoms with Crippen LogP contribution in [0.25, 0.3) is 0 Å². The molecule has 0 bridgehead atoms. The van der Waals surface area contributed by atoms with Crippen LogP contribution in [-0.4, -0.2) is 25.2 Å². The maximum Gasteiger partial charge on any atom is 0.193 e. The van der Waals surface area contributed by atoms with Gasteiger partial charge < -0.3 is 25.3 Å². The predicted molar refractivity (Wildman–Crippen MR) is 129 cm³/mol. The van der Waals surface area contributed by atoms with E-state index in [2.05, 4.69) is 15.3 Å². The summed E-state index contributed by atoms with van der Waals surface area (Å²) in [6.07, 6.45) is 1.75. The van der Waals surface area contributed by atoms with Gasteiger partial charge in [-0.1, -0.05) is 18.2 Å². The Kier molecular flexibility index (Phi) is 9.20. The number of anilines is 1. The molecule has 30 heavy (non-hydrogen) atoms. The molecule has 8 heteroatoms. The fraction of sp³-hybridized carbons (Fsp3) is 0.182. The van der Waals surface area contributed by atoms with E-state index in [9.17, 15) is 0 Å². The first-order valence-electron chi connectivity index (χ1n) is 9.08. The van der Waals surface area contributed by atoms with Gasteiger partial charge in [-0.25, -0.2) is 4.99 Å². The standard InChI is InChI=1S/C22H24N4O3.HI/c1-27-20-10-9-17(13-21(20)28-2)26-22(23)25-14-16-6-5-8-19(12-16)29-15-18-7-3-4-11-24-18;/h3-13H,14-15H2,1-2H3,(H3,23,25,26);1H. The molecule has 0 aliphatic carbocycles. The molecule has 3 aromatic rings. The van der Waals surface area contributed by atoms with Crippen molar-refractivity contribution in [3.8, 4) is 17.2 Å². The third-order valence-corrected chi connectivity index (χ3v) is 4.10. The van der Waals surface area contributed by atoms with Crippen LogP contribution in [0.2, 0.25) is 0 Å². The van der Waals surface area contributed by atoms with Crippen LogP contribution in [0, 0.1) is 0 Å². The minimum absolute atomic E-state index is 0. The summed E-state index contributed by atoms with van der Waals surface area (Å²) in [7, 11) is 3.18. The zero-order valence-electron chi connectivity index (χ0n) is 16.9. The number of benzene rings is 2. The molecular formula is C22H25IN4O3. The van der Waals surface area contributed by atoms with E-state index < -0.39 is 0 Å². The van der Waals surface area contributed by atoms with Crippen LogP contribution in [0.15, 0.2) is 71.9 Å². The zero-order chi connectivity index (χ0) is 20.5. The Morgan fingerprint density at radius 3 is 2.57 bits per heavy atom. The van der Waals surface area contributed by atoms with Gasteiger partial charge in [-0.05, 0) is 42.0 Å². The molecule has 158 valence electrons. The highest BCUT2D eigenvalue weighted by Crippen LogP contribution is 2.29. The summed E-state index contributed by atoms with van der Waals surface area (Å²) in [6, 6.07) is 18.9. The van der Waals surface area contributed by atoms with Crippen molar-refractivity contribution < 1.29 is 14.2 Å². The molecule has 2 aromatic carbocycles. The van der Waals surface area contributed by atoms with Gasteiger partial charge in [0.25, 0.3) is 0 Å². The summed E-state index contributed by atoms with van der Waals surface area (Å²) >= 11 is 0. The van der Waals surface area contributed by atoms with E-state index in [1.807, 2.05) is 48.5 Å². The van der Waals surface area contributed by atoms with Crippen LogP contribution in [0.4, 0.5) is 5.69 Å². The molecule has 0 unspecified atom stereocenters. The van der Waals surface area contributed by atoms with Crippen molar-refractivity contribution in [3.63, 3.8) is 0 Å². The topological polar surface area (TPSA) is 91.0 Å². The number of guanidine groups is 1. The summed E-state index contributed by atoms with van der Waals surface area (Å²) in [5.41, 5.74) is 8.64. The average molecular weight is 520 g/mol. The van der Waals surface area contributed by atoms with Crippen molar-refractivity contribution >= 4 is 35.6 Å². The zero-order valence-corrected chi connectivity index (χ0v) is 19.2. The van der Waals surface area contributed by atoms with E-state index in [1.165, 1.54) is 0 Å². The van der Waals surface area contributed by atoms with E-state index in [4.69, 9.17) is 19.9 Å². The van der Waals surface area contributed by atoms with E-state index in [0.29, 0.717) is 30.6 Å². The van der Waals surface area contributed by atoms with Crippen LogP contribution in [0.3, 0.4) is 0 Å². The van der Waals surface area contributed by atoms with Gasteiger partial charge in [-0.2, -0.15) is 0 Å². The van der Waals surface area contributed by atoms with E-state index in [0.717, 1.165) is 22.7 Å². The number of methoxy groups -OCH3 is 2. The summed E-state index contributed by atoms with van der Waals surface area (Å²) in [6.45, 7) is 0.837. The second-order valence-electron chi connectivity index (χ2n) is 6.15. The highest BCUT2D eigenvalue weighted by molar-refractivity contribution is 14.0. The summed E-state index contributed by atoms with van der Waals surface area (Å²) in [5.74, 6) is 2.32. The molecule has 0 aliphatic heterocycles. The molecule has 0 saturated heterocycles. The van der Waals surface area contributed by atoms with Gasteiger partial charge >= 0.3 is 0 Å². The van der Waals surface area contributed by atoms with E-state index in [1.54, 1.807) is 32.5 Å². The lowest BCUT2D eigenvalue weighted by Gasteiger charge is -2.11. The molecule has 3 rings (SSSR count). The van der Waals surface area contributed by atoms with Gasteiger partial charge in [0.05, 0.1) is 26.5 Å². The highest BCUT2D eigenvalue weighted by Gasteiger charge is 2.05. The molecular weight excluding hydrogens is 495 g/mol. The number of nitrogens with one attached hydrogen (secondary N) is 1. The maximum absolute atomic E-state index is 6.02. The number of hydrogen-bond acceptors (Lipinski definition) is 5. The lowest BCUT2D eigenvalue weighted by Crippen LogP contribution is -2.22. The number of nitrogens with two attached hydrogens (primary N) is 1. The number of aliphatic imine (C=N–C) groups is 1. The Morgan fingerprint density at radius 2 is 1.83 bits per heavy atom. The van der Waals surface area contributed by atoms with E-state index >= 15 is 0 Å². The number of rotatable bonds is 8. The fourth-order valence-corrected chi connectivity index (χ4v) is 2.65. The molecule has 0 aliphatic rings. The van der Waals surface area contributed by atoms with Crippen molar-refractivity contribution in [3.05, 3.63) is 78.1 Å². The summed E-state index contributed by atoms with van der Waals surface area (Å²) < 4.78 is 16.3. The molecule has 7 nitrogen and oxygen atoms in total. The van der Waals surface area contributed by atoms with Crippen molar-refractivity contribution in [2.45, 2.75) is 13.2 Å². The predicted octanol–water partition coefficient (Wildman–Crippen LogP) is 4.22. The lowest BCUT2D eigenvalue weighted by molar-refractivity contribution is 0.301. The third kappa shape index (κ3) is 6.80. The molecule has 0 radical (unpaired) electrons. The number of ether oxygens (including phenoxy) is 3. The second-order valence-corrected chi connectivity index (χ2v) is 6.15. The van der Waals surface area contributed by atoms with Gasteiger partial charge in [0, 0.05) is 18.0 Å². The Morgan fingerprint density at radius 1 is 1.00 bits per heavy atom. The molecule has 0 saturated carbocycles. The van der Waals surface area contributed by atoms with Gasteiger partial charge in [0.2, 0.25) is 0 Å². The minimum atomic E-state index is 0. The number of nitrogens with zero attached hydrogens (tertiary/aromatic N) is 2. The van der Waals surface area contributed by atoms with Gasteiger partial charge in [0.15, 0.2) is 17.5 Å². The number of aromatic nitrogens is 1. The Bertz CT molecular complexity index is 968. The van der Waals surface area contributed by atoms with Crippen LogP contribution in [0.1, 0.15) is 11.3 Å². The van der Waals surface area contributed by atoms with Gasteiger partial charge in [-0.15, -0.1) is 24.0 Å². The van der Waals surface area contributed by atoms with Crippen molar-refractivity contribution in [1.82, 2.24) is 4.98 Å². The maximum atomic E-state index is 6.02. The normalized spacial score (nSPS) is 10.7. The number of pyridine rings is 1. The van der Waals surface area contributed by atoms with Crippen molar-refractivity contribution in [2.75, 3.05) is 19.5 Å². The molecule has 0 fully saturated rings. The molecule has 0 amide bonds. The van der Waals surface area contributed by atoms with Crippen molar-refractivity contribution in [2.24, 2.45) is 10.7 Å². The van der Waals surface area contributed by atoms with Crippen LogP contribution in [0.5, 0.6) is 17.2 Å². The quantitative estimate of drug-likeness (QED) is 0.263. The molecule has 0 spiro atoms. The largest absolute Gasteiger partial charge is 0.493 e. The van der Waals surface area contributed by atoms with Crippen LogP contribution < -0.4 is 25.3 Å². The SMILES string of the molecule is COc1ccc(NC(N)=NCc2cccc(OCc3ccccn3)c2)cc1OC.I. The smallest absolute Gasteiger partial charge is 0.193 e. The molecule has 3 N–H and O–H groups in total. The minimum Gasteiger partial charge on any atom is -0.493 e. The summed E-state index contributed by atoms with van der Waals surface area (Å²) in [5, 5.41) is 3.05. The van der Waals surface area contributed by atoms with Gasteiger partial charge in [0.1, 0.15) is 12.4 Å². The average Bonchev–Trinajstić information content (AvgIpc) is 2.77. The first-order valence-corrected chi connectivity index (χ1v) is 9.08. The summed E-state index contributed by atoms with van der Waals surface area (Å²) in [4.78, 5) is 8.64. The molecule has 0 atom stereocenters. The first kappa shape index (κ1) is 23.3. The number of hydrogen-bond donors (Lipinski definition) is 2. The van der Waals surface area contributed by atoms with Crippen LogP contribution in [-0.2, 0) is 13.2 Å². The van der Waals surface area contributed by atoms with Crippen molar-refractivity contribution in [1.29, 1.82) is 0 Å². The molecule has 1 aromatic heterocycles. The third-order valence-electron chi connectivity index (χ3n) is 4.10. The monoisotopic (exact) mass is 520 g/mol. The first-order chi connectivity index (χ1) is 14.2. The Hall–Kier alpha value is -3.01. The van der Waals surface area contributed by atoms with Gasteiger partial charge in [-0.3, -0.25) is 4.98 Å². The van der Waals surface area contributed by atoms with Crippen LogP contribution >= 0.6 is 24.0 Å². The fourth-order valence-electron chi connectivity index (χ4n) is 2.65. The Balaban J connectivity index is 0.00000320. The Labute approximate surface area is 193 Å². The number of halogens is 1. The second kappa shape index (κ2) is 11.9. The van der Waals surface area contributed by atoms with E-state index in [-0.39, 0.29) is 24.0 Å². The highest BCUT2D eigenvalue weighted by atomic mass is 127. The lowest BCUT2D eigenvalue weighted by atomic mass is 10.2.